The molecular weight excluding hydrogens is 464 g/mol. The van der Waals surface area contributed by atoms with Crippen molar-refractivity contribution in [3.63, 3.8) is 0 Å². The summed E-state index contributed by atoms with van der Waals surface area (Å²) >= 11 is 0. The van der Waals surface area contributed by atoms with Crippen LogP contribution in [0.15, 0.2) is 24.3 Å². The van der Waals surface area contributed by atoms with Crippen LogP contribution in [0.5, 0.6) is 0 Å². The third-order valence-corrected chi connectivity index (χ3v) is 9.53. The zero-order valence-electron chi connectivity index (χ0n) is 25.8. The normalized spacial score (nSPS) is 18.2. The van der Waals surface area contributed by atoms with Crippen LogP contribution < -0.4 is 0 Å². The van der Waals surface area contributed by atoms with Gasteiger partial charge in [0.05, 0.1) is 23.4 Å². The number of hydrogen-bond acceptors (Lipinski definition) is 2. The maximum absolute atomic E-state index is 7.45. The zero-order chi connectivity index (χ0) is 27.1. The molecule has 0 aromatic heterocycles. The summed E-state index contributed by atoms with van der Waals surface area (Å²) in [5, 5.41) is 0. The van der Waals surface area contributed by atoms with E-state index in [0.29, 0.717) is 12.2 Å². The average Bonchev–Trinajstić information content (AvgIpc) is 2.97. The lowest BCUT2D eigenvalue weighted by Crippen LogP contribution is -2.41. The van der Waals surface area contributed by atoms with Gasteiger partial charge in [0, 0.05) is 0 Å². The maximum Gasteiger partial charge on any atom is 0.0938 e. The van der Waals surface area contributed by atoms with E-state index in [9.17, 15) is 0 Å². The van der Waals surface area contributed by atoms with E-state index >= 15 is 0 Å². The first-order chi connectivity index (χ1) is 18.6. The first-order valence-corrected chi connectivity index (χ1v) is 17.1. The third kappa shape index (κ3) is 8.82. The molecule has 0 atom stereocenters. The van der Waals surface area contributed by atoms with Crippen LogP contribution in [-0.4, -0.2) is 12.2 Å². The van der Waals surface area contributed by atoms with Crippen LogP contribution in [-0.2, 0) is 20.7 Å². The van der Waals surface area contributed by atoms with Gasteiger partial charge in [0.1, 0.15) is 0 Å². The van der Waals surface area contributed by atoms with Crippen molar-refractivity contribution in [1.29, 1.82) is 0 Å². The topological polar surface area (TPSA) is 18.5 Å². The Balaban J connectivity index is 2.13. The summed E-state index contributed by atoms with van der Waals surface area (Å²) in [5.41, 5.74) is 2.58. The van der Waals surface area contributed by atoms with Crippen LogP contribution in [0.4, 0.5) is 0 Å². The number of hydrogen-bond donors (Lipinski definition) is 0. The molecule has 2 saturated carbocycles. The van der Waals surface area contributed by atoms with Gasteiger partial charge in [-0.3, -0.25) is 0 Å². The van der Waals surface area contributed by atoms with E-state index < -0.39 is 0 Å². The second kappa shape index (κ2) is 17.1. The predicted octanol–water partition coefficient (Wildman–Crippen LogP) is 11.5. The largest absolute Gasteiger partial charge is 0.367 e. The number of unbranched alkanes of at least 4 members (excludes halogenated alkanes) is 4. The minimum Gasteiger partial charge on any atom is -0.367 e. The first-order valence-electron chi connectivity index (χ1n) is 17.1. The Kier molecular flexibility index (Phi) is 14.2. The van der Waals surface area contributed by atoms with E-state index in [1.54, 1.807) is 0 Å². The molecule has 2 heteroatoms. The molecule has 0 bridgehead atoms. The fraction of sp³-hybridized carbons (Fsp3) is 0.833. The third-order valence-electron chi connectivity index (χ3n) is 9.53. The van der Waals surface area contributed by atoms with E-state index in [1.807, 2.05) is 0 Å². The first kappa shape index (κ1) is 31.7. The van der Waals surface area contributed by atoms with Gasteiger partial charge in [-0.15, -0.1) is 0 Å². The van der Waals surface area contributed by atoms with Crippen LogP contribution in [0, 0.1) is 0 Å². The van der Waals surface area contributed by atoms with Crippen LogP contribution >= 0.6 is 0 Å². The smallest absolute Gasteiger partial charge is 0.0938 e. The zero-order valence-corrected chi connectivity index (χ0v) is 25.8. The van der Waals surface area contributed by atoms with Crippen molar-refractivity contribution in [2.45, 2.75) is 192 Å². The minimum atomic E-state index is -0.190. The van der Waals surface area contributed by atoms with Crippen LogP contribution in [0.25, 0.3) is 0 Å². The van der Waals surface area contributed by atoms with Crippen LogP contribution in [0.3, 0.4) is 0 Å². The van der Waals surface area contributed by atoms with Crippen molar-refractivity contribution >= 4 is 0 Å². The lowest BCUT2D eigenvalue weighted by atomic mass is 9.73. The molecule has 0 amide bonds. The van der Waals surface area contributed by atoms with Crippen LogP contribution in [0.2, 0.25) is 0 Å². The Labute approximate surface area is 237 Å². The molecule has 0 aliphatic heterocycles. The fourth-order valence-corrected chi connectivity index (χ4v) is 7.28. The Bertz CT molecular complexity index is 664. The fourth-order valence-electron chi connectivity index (χ4n) is 7.28. The lowest BCUT2D eigenvalue weighted by Gasteiger charge is -2.45. The quantitative estimate of drug-likeness (QED) is 0.189. The summed E-state index contributed by atoms with van der Waals surface area (Å²) in [6.07, 6.45) is 28.1. The molecule has 0 saturated heterocycles. The molecule has 1 aromatic carbocycles. The number of benzene rings is 1. The Morgan fingerprint density at radius 1 is 0.526 bits per heavy atom. The molecule has 0 N–H and O–H groups in total. The second-order valence-corrected chi connectivity index (χ2v) is 12.7. The number of rotatable bonds is 18. The molecule has 3 rings (SSSR count). The van der Waals surface area contributed by atoms with E-state index in [4.69, 9.17) is 9.47 Å². The maximum atomic E-state index is 7.45. The molecule has 0 heterocycles. The van der Waals surface area contributed by atoms with Crippen molar-refractivity contribution < 1.29 is 9.47 Å². The molecule has 0 spiro atoms. The minimum absolute atomic E-state index is 0.190. The van der Waals surface area contributed by atoms with Crippen molar-refractivity contribution in [2.75, 3.05) is 0 Å². The van der Waals surface area contributed by atoms with Gasteiger partial charge in [-0.2, -0.15) is 0 Å². The summed E-state index contributed by atoms with van der Waals surface area (Å²) in [5.74, 6) is 0. The van der Waals surface area contributed by atoms with Crippen molar-refractivity contribution in [3.8, 4) is 0 Å². The molecule has 38 heavy (non-hydrogen) atoms. The van der Waals surface area contributed by atoms with E-state index in [2.05, 4.69) is 52.0 Å². The molecular formula is C36H62O2. The number of ether oxygens (including phenoxy) is 2. The molecule has 0 radical (unpaired) electrons. The molecule has 218 valence electrons. The SMILES string of the molecule is CCCCC(CCCC)(OC1CCCCC1)c1ccccc1C(CCCC)(CCCC)OC1CCCCC1. The van der Waals surface area contributed by atoms with E-state index in [-0.39, 0.29) is 11.2 Å². The van der Waals surface area contributed by atoms with Crippen molar-refractivity contribution in [2.24, 2.45) is 0 Å². The van der Waals surface area contributed by atoms with Gasteiger partial charge in [-0.05, 0) is 62.5 Å². The van der Waals surface area contributed by atoms with Gasteiger partial charge in [0.25, 0.3) is 0 Å². The second-order valence-electron chi connectivity index (χ2n) is 12.7. The van der Waals surface area contributed by atoms with Gasteiger partial charge >= 0.3 is 0 Å². The monoisotopic (exact) mass is 526 g/mol. The molecule has 2 aliphatic rings. The van der Waals surface area contributed by atoms with Gasteiger partial charge in [-0.25, -0.2) is 0 Å². The average molecular weight is 527 g/mol. The standard InChI is InChI=1S/C36H62O2/c1-5-9-27-35(28-10-6-2,37-31-21-15-13-16-22-31)33-25-19-20-26-34(33)36(29-11-7-3,30-12-8-4)38-32-23-17-14-18-24-32/h19-20,25-26,31-32H,5-18,21-24,27-30H2,1-4H3. The van der Waals surface area contributed by atoms with Gasteiger partial charge < -0.3 is 9.47 Å². The summed E-state index contributed by atoms with van der Waals surface area (Å²) in [6, 6.07) is 9.50. The molecule has 2 fully saturated rings. The highest BCUT2D eigenvalue weighted by Crippen LogP contribution is 2.48. The molecule has 2 nitrogen and oxygen atoms in total. The molecule has 2 aliphatic carbocycles. The molecule has 1 aromatic rings. The van der Waals surface area contributed by atoms with E-state index in [1.165, 1.54) is 127 Å². The lowest BCUT2D eigenvalue weighted by molar-refractivity contribution is -0.138. The highest BCUT2D eigenvalue weighted by Gasteiger charge is 2.43. The summed E-state index contributed by atoms with van der Waals surface area (Å²) in [4.78, 5) is 0. The Morgan fingerprint density at radius 3 is 1.13 bits per heavy atom. The van der Waals surface area contributed by atoms with Crippen LogP contribution in [0.1, 0.15) is 180 Å². The Morgan fingerprint density at radius 2 is 0.842 bits per heavy atom. The van der Waals surface area contributed by atoms with Crippen molar-refractivity contribution in [1.82, 2.24) is 0 Å². The highest BCUT2D eigenvalue weighted by atomic mass is 16.5. The molecule has 0 unspecified atom stereocenters. The summed E-state index contributed by atoms with van der Waals surface area (Å²) in [6.45, 7) is 9.37. The highest BCUT2D eigenvalue weighted by molar-refractivity contribution is 5.38. The summed E-state index contributed by atoms with van der Waals surface area (Å²) < 4.78 is 14.9. The summed E-state index contributed by atoms with van der Waals surface area (Å²) in [7, 11) is 0. The van der Waals surface area contributed by atoms with Gasteiger partial charge in [-0.1, -0.05) is 142 Å². The van der Waals surface area contributed by atoms with Gasteiger partial charge in [0.15, 0.2) is 0 Å². The van der Waals surface area contributed by atoms with E-state index in [0.717, 1.165) is 25.7 Å². The van der Waals surface area contributed by atoms with Crippen molar-refractivity contribution in [3.05, 3.63) is 35.4 Å². The van der Waals surface area contributed by atoms with Gasteiger partial charge in [0.2, 0.25) is 0 Å². The predicted molar refractivity (Wildman–Crippen MR) is 164 cm³/mol. The Hall–Kier alpha value is -0.860.